The number of nitrogens with two attached hydrogens (primary N) is 1. The Labute approximate surface area is 108 Å². The summed E-state index contributed by atoms with van der Waals surface area (Å²) in [6, 6.07) is 16.9. The first-order valence-electron chi connectivity index (χ1n) is 6.50. The number of hydrogen-bond donors (Lipinski definition) is 1. The Morgan fingerprint density at radius 3 is 2.61 bits per heavy atom. The second-order valence-corrected chi connectivity index (χ2v) is 4.89. The molecule has 0 fully saturated rings. The van der Waals surface area contributed by atoms with Crippen molar-refractivity contribution < 1.29 is 0 Å². The van der Waals surface area contributed by atoms with Gasteiger partial charge in [0, 0.05) is 24.5 Å². The highest BCUT2D eigenvalue weighted by Gasteiger charge is 2.14. The Kier molecular flexibility index (Phi) is 2.93. The normalized spacial score (nSPS) is 15.0. The minimum absolute atomic E-state index is 0.838. The van der Waals surface area contributed by atoms with E-state index in [1.54, 1.807) is 0 Å². The molecule has 0 saturated heterocycles. The van der Waals surface area contributed by atoms with E-state index in [0.29, 0.717) is 0 Å². The van der Waals surface area contributed by atoms with Gasteiger partial charge in [0.05, 0.1) is 0 Å². The fourth-order valence-corrected chi connectivity index (χ4v) is 2.64. The second-order valence-electron chi connectivity index (χ2n) is 4.89. The molecule has 2 N–H and O–H groups in total. The summed E-state index contributed by atoms with van der Waals surface area (Å²) >= 11 is 0. The Hall–Kier alpha value is -1.96. The first-order chi connectivity index (χ1) is 8.83. The van der Waals surface area contributed by atoms with Crippen molar-refractivity contribution in [2.75, 3.05) is 17.2 Å². The number of nitrogen functional groups attached to an aromatic ring is 1. The van der Waals surface area contributed by atoms with Crippen molar-refractivity contribution in [1.82, 2.24) is 0 Å². The third-order valence-corrected chi connectivity index (χ3v) is 3.59. The van der Waals surface area contributed by atoms with Gasteiger partial charge in [-0.1, -0.05) is 30.3 Å². The van der Waals surface area contributed by atoms with Crippen LogP contribution in [0.5, 0.6) is 0 Å². The molecule has 0 saturated carbocycles. The lowest BCUT2D eigenvalue weighted by Crippen LogP contribution is -2.22. The Bertz CT molecular complexity index is 548. The van der Waals surface area contributed by atoms with E-state index in [1.807, 2.05) is 12.1 Å². The molecule has 0 spiro atoms. The quantitative estimate of drug-likeness (QED) is 0.773. The SMILES string of the molecule is Nc1cccc(N2CCCc3ccccc3C2)c1. The molecule has 2 heteroatoms. The van der Waals surface area contributed by atoms with Gasteiger partial charge in [-0.05, 0) is 42.2 Å². The lowest BCUT2D eigenvalue weighted by atomic mass is 10.0. The van der Waals surface area contributed by atoms with E-state index in [4.69, 9.17) is 5.73 Å². The highest BCUT2D eigenvalue weighted by molar-refractivity contribution is 5.56. The van der Waals surface area contributed by atoms with Gasteiger partial charge in [-0.2, -0.15) is 0 Å². The van der Waals surface area contributed by atoms with Crippen LogP contribution >= 0.6 is 0 Å². The maximum absolute atomic E-state index is 5.87. The molecule has 0 atom stereocenters. The molecule has 0 radical (unpaired) electrons. The summed E-state index contributed by atoms with van der Waals surface area (Å²) in [5.74, 6) is 0. The van der Waals surface area contributed by atoms with Crippen molar-refractivity contribution in [2.45, 2.75) is 19.4 Å². The zero-order valence-electron chi connectivity index (χ0n) is 10.5. The van der Waals surface area contributed by atoms with Crippen molar-refractivity contribution >= 4 is 11.4 Å². The Balaban J connectivity index is 1.91. The van der Waals surface area contributed by atoms with E-state index in [0.717, 1.165) is 18.8 Å². The highest BCUT2D eigenvalue weighted by Crippen LogP contribution is 2.24. The number of aryl methyl sites for hydroxylation is 1. The van der Waals surface area contributed by atoms with Crippen molar-refractivity contribution in [3.8, 4) is 0 Å². The molecule has 92 valence electrons. The first kappa shape index (κ1) is 11.1. The molecule has 18 heavy (non-hydrogen) atoms. The number of benzene rings is 2. The molecule has 2 aromatic rings. The summed E-state index contributed by atoms with van der Waals surface area (Å²) in [5, 5.41) is 0. The molecule has 1 aliphatic rings. The van der Waals surface area contributed by atoms with E-state index in [1.165, 1.54) is 29.7 Å². The average molecular weight is 238 g/mol. The van der Waals surface area contributed by atoms with E-state index in [-0.39, 0.29) is 0 Å². The van der Waals surface area contributed by atoms with Gasteiger partial charge in [-0.3, -0.25) is 0 Å². The van der Waals surface area contributed by atoms with Crippen LogP contribution in [-0.2, 0) is 13.0 Å². The maximum Gasteiger partial charge on any atom is 0.0432 e. The molecule has 0 unspecified atom stereocenters. The van der Waals surface area contributed by atoms with Crippen LogP contribution in [0.25, 0.3) is 0 Å². The average Bonchev–Trinajstić information content (AvgIpc) is 2.60. The van der Waals surface area contributed by atoms with Gasteiger partial charge in [0.15, 0.2) is 0 Å². The third kappa shape index (κ3) is 2.19. The Morgan fingerprint density at radius 2 is 1.78 bits per heavy atom. The molecule has 0 aliphatic carbocycles. The standard InChI is InChI=1S/C16H18N2/c17-15-8-3-9-16(11-15)18-10-4-7-13-5-1-2-6-14(13)12-18/h1-3,5-6,8-9,11H,4,7,10,12,17H2. The summed E-state index contributed by atoms with van der Waals surface area (Å²) < 4.78 is 0. The predicted octanol–water partition coefficient (Wildman–Crippen LogP) is 3.22. The minimum Gasteiger partial charge on any atom is -0.399 e. The maximum atomic E-state index is 5.87. The van der Waals surface area contributed by atoms with Crippen LogP contribution in [0.15, 0.2) is 48.5 Å². The predicted molar refractivity (Wildman–Crippen MR) is 76.7 cm³/mol. The van der Waals surface area contributed by atoms with Crippen molar-refractivity contribution in [1.29, 1.82) is 0 Å². The van der Waals surface area contributed by atoms with E-state index in [9.17, 15) is 0 Å². The number of rotatable bonds is 1. The third-order valence-electron chi connectivity index (χ3n) is 3.59. The van der Waals surface area contributed by atoms with Crippen molar-refractivity contribution in [3.05, 3.63) is 59.7 Å². The largest absolute Gasteiger partial charge is 0.399 e. The minimum atomic E-state index is 0.838. The molecule has 2 aromatic carbocycles. The van der Waals surface area contributed by atoms with Gasteiger partial charge in [0.1, 0.15) is 0 Å². The van der Waals surface area contributed by atoms with Crippen molar-refractivity contribution in [3.63, 3.8) is 0 Å². The zero-order chi connectivity index (χ0) is 12.4. The molecule has 1 heterocycles. The van der Waals surface area contributed by atoms with Gasteiger partial charge < -0.3 is 10.6 Å². The van der Waals surface area contributed by atoms with Crippen LogP contribution < -0.4 is 10.6 Å². The highest BCUT2D eigenvalue weighted by atomic mass is 15.1. The fraction of sp³-hybridized carbons (Fsp3) is 0.250. The van der Waals surface area contributed by atoms with E-state index < -0.39 is 0 Å². The summed E-state index contributed by atoms with van der Waals surface area (Å²) in [6.07, 6.45) is 2.38. The lowest BCUT2D eigenvalue weighted by molar-refractivity contribution is 0.766. The summed E-state index contributed by atoms with van der Waals surface area (Å²) in [6.45, 7) is 2.08. The van der Waals surface area contributed by atoms with Crippen LogP contribution in [0, 0.1) is 0 Å². The van der Waals surface area contributed by atoms with E-state index in [2.05, 4.69) is 41.3 Å². The molecule has 1 aliphatic heterocycles. The van der Waals surface area contributed by atoms with Gasteiger partial charge in [0.25, 0.3) is 0 Å². The van der Waals surface area contributed by atoms with Crippen molar-refractivity contribution in [2.24, 2.45) is 0 Å². The van der Waals surface area contributed by atoms with Crippen LogP contribution in [0.1, 0.15) is 17.5 Å². The molecule has 0 amide bonds. The molecule has 0 aromatic heterocycles. The van der Waals surface area contributed by atoms with Crippen LogP contribution in [0.3, 0.4) is 0 Å². The van der Waals surface area contributed by atoms with Crippen LogP contribution in [0.2, 0.25) is 0 Å². The number of hydrogen-bond acceptors (Lipinski definition) is 2. The number of fused-ring (bicyclic) bond motifs is 1. The molecule has 3 rings (SSSR count). The molecule has 2 nitrogen and oxygen atoms in total. The molecular formula is C16H18N2. The van der Waals surface area contributed by atoms with Crippen LogP contribution in [-0.4, -0.2) is 6.54 Å². The lowest BCUT2D eigenvalue weighted by Gasteiger charge is -2.23. The van der Waals surface area contributed by atoms with E-state index >= 15 is 0 Å². The number of anilines is 2. The topological polar surface area (TPSA) is 29.3 Å². The first-order valence-corrected chi connectivity index (χ1v) is 6.50. The van der Waals surface area contributed by atoms with Gasteiger partial charge >= 0.3 is 0 Å². The summed E-state index contributed by atoms with van der Waals surface area (Å²) in [7, 11) is 0. The Morgan fingerprint density at radius 1 is 0.944 bits per heavy atom. The van der Waals surface area contributed by atoms with Gasteiger partial charge in [-0.25, -0.2) is 0 Å². The molecular weight excluding hydrogens is 220 g/mol. The van der Waals surface area contributed by atoms with Gasteiger partial charge in [-0.15, -0.1) is 0 Å². The van der Waals surface area contributed by atoms with Gasteiger partial charge in [0.2, 0.25) is 0 Å². The zero-order valence-corrected chi connectivity index (χ0v) is 10.5. The second kappa shape index (κ2) is 4.73. The fourth-order valence-electron chi connectivity index (χ4n) is 2.64. The number of nitrogens with zero attached hydrogens (tertiary/aromatic N) is 1. The molecule has 0 bridgehead atoms. The monoisotopic (exact) mass is 238 g/mol. The van der Waals surface area contributed by atoms with Crippen LogP contribution in [0.4, 0.5) is 11.4 Å². The summed E-state index contributed by atoms with van der Waals surface area (Å²) in [5.41, 5.74) is 10.9. The smallest absolute Gasteiger partial charge is 0.0432 e. The summed E-state index contributed by atoms with van der Waals surface area (Å²) in [4.78, 5) is 2.42.